The molecule has 3 heterocycles. The van der Waals surface area contributed by atoms with E-state index in [2.05, 4.69) is 25.4 Å². The summed E-state index contributed by atoms with van der Waals surface area (Å²) in [5.41, 5.74) is 2.09. The van der Waals surface area contributed by atoms with Gasteiger partial charge in [0.15, 0.2) is 17.2 Å². The number of ether oxygens (including phenoxy) is 1. The first-order valence-corrected chi connectivity index (χ1v) is 6.93. The molecule has 1 N–H and O–H groups in total. The standard InChI is InChI=1S/C14H18N6O2/c1-8-16-13(12-14(17-8)22-9(2)18-12)19-10(7-21-4)11-5-6-15-20(11)3/h5-6,10H,7H2,1-4H3,(H,16,17,19)/t10-/m1/s1. The first kappa shape index (κ1) is 14.5. The topological polar surface area (TPSA) is 90.9 Å². The van der Waals surface area contributed by atoms with Gasteiger partial charge in [0.05, 0.1) is 18.3 Å². The van der Waals surface area contributed by atoms with Crippen molar-refractivity contribution in [2.75, 3.05) is 19.0 Å². The summed E-state index contributed by atoms with van der Waals surface area (Å²) >= 11 is 0. The molecule has 0 aromatic carbocycles. The maximum atomic E-state index is 5.49. The number of hydrogen-bond acceptors (Lipinski definition) is 7. The summed E-state index contributed by atoms with van der Waals surface area (Å²) in [5, 5.41) is 7.56. The van der Waals surface area contributed by atoms with E-state index in [9.17, 15) is 0 Å². The molecule has 22 heavy (non-hydrogen) atoms. The number of anilines is 1. The fourth-order valence-corrected chi connectivity index (χ4v) is 2.39. The predicted molar refractivity (Wildman–Crippen MR) is 80.5 cm³/mol. The third kappa shape index (κ3) is 2.64. The highest BCUT2D eigenvalue weighted by atomic mass is 16.5. The number of aryl methyl sites for hydroxylation is 3. The Morgan fingerprint density at radius 2 is 2.14 bits per heavy atom. The van der Waals surface area contributed by atoms with E-state index in [1.54, 1.807) is 24.9 Å². The van der Waals surface area contributed by atoms with Crippen LogP contribution in [0.5, 0.6) is 0 Å². The van der Waals surface area contributed by atoms with Gasteiger partial charge in [0.2, 0.25) is 0 Å². The lowest BCUT2D eigenvalue weighted by atomic mass is 10.2. The second-order valence-corrected chi connectivity index (χ2v) is 5.04. The number of nitrogens with one attached hydrogen (secondary N) is 1. The van der Waals surface area contributed by atoms with E-state index in [0.29, 0.717) is 35.4 Å². The second kappa shape index (κ2) is 5.72. The van der Waals surface area contributed by atoms with Crippen LogP contribution < -0.4 is 5.32 Å². The van der Waals surface area contributed by atoms with Crippen molar-refractivity contribution in [2.24, 2.45) is 7.05 Å². The lowest BCUT2D eigenvalue weighted by molar-refractivity contribution is 0.184. The third-order valence-corrected chi connectivity index (χ3v) is 3.34. The highest BCUT2D eigenvalue weighted by Gasteiger charge is 2.19. The van der Waals surface area contributed by atoms with Gasteiger partial charge in [0.1, 0.15) is 5.82 Å². The quantitative estimate of drug-likeness (QED) is 0.768. The molecule has 3 rings (SSSR count). The van der Waals surface area contributed by atoms with E-state index in [0.717, 1.165) is 5.69 Å². The molecule has 8 nitrogen and oxygen atoms in total. The molecule has 0 spiro atoms. The summed E-state index contributed by atoms with van der Waals surface area (Å²) in [6.07, 6.45) is 1.75. The Hall–Kier alpha value is -2.48. The van der Waals surface area contributed by atoms with Gasteiger partial charge in [-0.05, 0) is 13.0 Å². The number of hydrogen-bond donors (Lipinski definition) is 1. The first-order valence-electron chi connectivity index (χ1n) is 6.93. The average Bonchev–Trinajstić information content (AvgIpc) is 3.03. The normalized spacial score (nSPS) is 12.7. The van der Waals surface area contributed by atoms with Crippen LogP contribution in [0.25, 0.3) is 11.2 Å². The largest absolute Gasteiger partial charge is 0.422 e. The van der Waals surface area contributed by atoms with Crippen molar-refractivity contribution in [3.8, 4) is 0 Å². The minimum Gasteiger partial charge on any atom is -0.422 e. The van der Waals surface area contributed by atoms with Gasteiger partial charge in [-0.3, -0.25) is 4.68 Å². The van der Waals surface area contributed by atoms with Crippen LogP contribution in [0.1, 0.15) is 23.5 Å². The molecule has 0 saturated heterocycles. The van der Waals surface area contributed by atoms with Crippen LogP contribution in [0.3, 0.4) is 0 Å². The molecule has 0 aliphatic rings. The van der Waals surface area contributed by atoms with E-state index in [1.165, 1.54) is 0 Å². The molecule has 0 aliphatic carbocycles. The van der Waals surface area contributed by atoms with E-state index in [-0.39, 0.29) is 6.04 Å². The zero-order valence-electron chi connectivity index (χ0n) is 13.0. The number of rotatable bonds is 5. The first-order chi connectivity index (χ1) is 10.6. The minimum atomic E-state index is -0.105. The number of fused-ring (bicyclic) bond motifs is 1. The number of oxazole rings is 1. The lowest BCUT2D eigenvalue weighted by Crippen LogP contribution is -2.20. The van der Waals surface area contributed by atoms with Crippen LogP contribution >= 0.6 is 0 Å². The SMILES string of the molecule is COC[C@@H](Nc1nc(C)nc2oc(C)nc12)c1ccnn1C. The van der Waals surface area contributed by atoms with Crippen LogP contribution in [-0.4, -0.2) is 38.4 Å². The van der Waals surface area contributed by atoms with Gasteiger partial charge < -0.3 is 14.5 Å². The molecule has 0 aliphatic heterocycles. The van der Waals surface area contributed by atoms with E-state index < -0.39 is 0 Å². The molecular formula is C14H18N6O2. The van der Waals surface area contributed by atoms with Crippen molar-refractivity contribution in [1.29, 1.82) is 0 Å². The Balaban J connectivity index is 2.01. The third-order valence-electron chi connectivity index (χ3n) is 3.34. The van der Waals surface area contributed by atoms with Gasteiger partial charge >= 0.3 is 0 Å². The Bertz CT molecular complexity index is 794. The Morgan fingerprint density at radius 3 is 2.82 bits per heavy atom. The molecule has 0 fully saturated rings. The highest BCUT2D eigenvalue weighted by Crippen LogP contribution is 2.25. The summed E-state index contributed by atoms with van der Waals surface area (Å²) in [6.45, 7) is 4.08. The summed E-state index contributed by atoms with van der Waals surface area (Å²) in [6, 6.07) is 1.84. The Morgan fingerprint density at radius 1 is 1.32 bits per heavy atom. The number of nitrogens with zero attached hydrogens (tertiary/aromatic N) is 5. The molecule has 0 saturated carbocycles. The number of methoxy groups -OCH3 is 1. The van der Waals surface area contributed by atoms with Gasteiger partial charge in [-0.2, -0.15) is 10.1 Å². The monoisotopic (exact) mass is 302 g/mol. The zero-order chi connectivity index (χ0) is 15.7. The summed E-state index contributed by atoms with van der Waals surface area (Å²) < 4.78 is 12.6. The molecule has 3 aromatic heterocycles. The fourth-order valence-electron chi connectivity index (χ4n) is 2.39. The van der Waals surface area contributed by atoms with Crippen molar-refractivity contribution < 1.29 is 9.15 Å². The zero-order valence-corrected chi connectivity index (χ0v) is 13.0. The maximum Gasteiger partial charge on any atom is 0.252 e. The fraction of sp³-hybridized carbons (Fsp3) is 0.429. The Labute approximate surface area is 127 Å². The Kier molecular flexibility index (Phi) is 3.76. The highest BCUT2D eigenvalue weighted by molar-refractivity contribution is 5.81. The van der Waals surface area contributed by atoms with Gasteiger partial charge in [0.25, 0.3) is 5.71 Å². The summed E-state index contributed by atoms with van der Waals surface area (Å²) in [5.74, 6) is 1.80. The van der Waals surface area contributed by atoms with Crippen molar-refractivity contribution in [2.45, 2.75) is 19.9 Å². The molecule has 0 unspecified atom stereocenters. The van der Waals surface area contributed by atoms with Crippen LogP contribution in [-0.2, 0) is 11.8 Å². The van der Waals surface area contributed by atoms with Crippen molar-refractivity contribution in [3.63, 3.8) is 0 Å². The molecule has 8 heteroatoms. The molecule has 0 radical (unpaired) electrons. The summed E-state index contributed by atoms with van der Waals surface area (Å²) in [4.78, 5) is 13.1. The van der Waals surface area contributed by atoms with Gasteiger partial charge in [-0.1, -0.05) is 0 Å². The van der Waals surface area contributed by atoms with Gasteiger partial charge in [-0.25, -0.2) is 9.97 Å². The molecule has 0 bridgehead atoms. The van der Waals surface area contributed by atoms with Crippen molar-refractivity contribution in [3.05, 3.63) is 29.7 Å². The molecule has 1 atom stereocenters. The minimum absolute atomic E-state index is 0.105. The molecule has 116 valence electrons. The lowest BCUT2D eigenvalue weighted by Gasteiger charge is -2.19. The predicted octanol–water partition coefficient (Wildman–Crippen LogP) is 1.77. The van der Waals surface area contributed by atoms with Crippen LogP contribution in [0.4, 0.5) is 5.82 Å². The van der Waals surface area contributed by atoms with Crippen molar-refractivity contribution in [1.82, 2.24) is 24.7 Å². The van der Waals surface area contributed by atoms with Gasteiger partial charge in [-0.15, -0.1) is 0 Å². The second-order valence-electron chi connectivity index (χ2n) is 5.04. The number of aromatic nitrogens is 5. The van der Waals surface area contributed by atoms with E-state index >= 15 is 0 Å². The van der Waals surface area contributed by atoms with E-state index in [1.807, 2.05) is 20.0 Å². The van der Waals surface area contributed by atoms with Gasteiger partial charge in [0, 0.05) is 27.3 Å². The average molecular weight is 302 g/mol. The summed E-state index contributed by atoms with van der Waals surface area (Å²) in [7, 11) is 3.55. The van der Waals surface area contributed by atoms with Crippen LogP contribution in [0.15, 0.2) is 16.7 Å². The maximum absolute atomic E-state index is 5.49. The van der Waals surface area contributed by atoms with Crippen LogP contribution in [0, 0.1) is 13.8 Å². The molecule has 3 aromatic rings. The van der Waals surface area contributed by atoms with Crippen molar-refractivity contribution >= 4 is 17.0 Å². The molecular weight excluding hydrogens is 284 g/mol. The molecule has 0 amide bonds. The van der Waals surface area contributed by atoms with E-state index in [4.69, 9.17) is 9.15 Å². The smallest absolute Gasteiger partial charge is 0.252 e. The van der Waals surface area contributed by atoms with Crippen LogP contribution in [0.2, 0.25) is 0 Å².